The van der Waals surface area contributed by atoms with Gasteiger partial charge in [0, 0.05) is 9.90 Å². The maximum atomic E-state index is 13.5. The Morgan fingerprint density at radius 3 is 2.86 bits per heavy atom. The van der Waals surface area contributed by atoms with Crippen LogP contribution in [0.15, 0.2) is 34.2 Å². The summed E-state index contributed by atoms with van der Waals surface area (Å²) in [6.45, 7) is 2.24. The monoisotopic (exact) mass is 434 g/mol. The molecule has 0 fully saturated rings. The van der Waals surface area contributed by atoms with E-state index in [0.29, 0.717) is 27.2 Å². The number of thiophene rings is 1. The van der Waals surface area contributed by atoms with Crippen molar-refractivity contribution in [3.05, 3.63) is 50.1 Å². The maximum absolute atomic E-state index is 13.5. The average Bonchev–Trinajstić information content (AvgIpc) is 3.04. The second kappa shape index (κ2) is 7.89. The molecule has 0 saturated heterocycles. The maximum Gasteiger partial charge on any atom is 0.316 e. The minimum absolute atomic E-state index is 0.0875. The molecule has 1 atom stereocenters. The number of aryl methyl sites for hydroxylation is 1. The zero-order valence-electron chi connectivity index (χ0n) is 15.5. The molecule has 5 nitrogen and oxygen atoms in total. The van der Waals surface area contributed by atoms with Crippen LogP contribution in [0.25, 0.3) is 15.9 Å². The third kappa shape index (κ3) is 3.58. The molecule has 2 heterocycles. The third-order valence-electron chi connectivity index (χ3n) is 4.93. The zero-order chi connectivity index (χ0) is 19.8. The Balaban J connectivity index is 1.92. The van der Waals surface area contributed by atoms with E-state index in [0.717, 1.165) is 29.7 Å². The Kier molecular flexibility index (Phi) is 5.49. The fourth-order valence-corrected chi connectivity index (χ4v) is 5.86. The Morgan fingerprint density at radius 2 is 2.14 bits per heavy atom. The number of hydrogen-bond donors (Lipinski definition) is 0. The Hall–Kier alpha value is -1.83. The minimum Gasteiger partial charge on any atom is -0.468 e. The molecule has 28 heavy (non-hydrogen) atoms. The van der Waals surface area contributed by atoms with E-state index in [4.69, 9.17) is 21.3 Å². The van der Waals surface area contributed by atoms with E-state index in [9.17, 15) is 9.59 Å². The summed E-state index contributed by atoms with van der Waals surface area (Å²) in [6, 6.07) is 7.07. The van der Waals surface area contributed by atoms with Gasteiger partial charge in [-0.25, -0.2) is 4.98 Å². The summed E-state index contributed by atoms with van der Waals surface area (Å²) >= 11 is 8.83. The van der Waals surface area contributed by atoms with Gasteiger partial charge in [-0.05, 0) is 55.0 Å². The van der Waals surface area contributed by atoms with Crippen molar-refractivity contribution in [2.75, 3.05) is 12.9 Å². The summed E-state index contributed by atoms with van der Waals surface area (Å²) in [5, 5.41) is 1.79. The number of esters is 1. The van der Waals surface area contributed by atoms with Crippen molar-refractivity contribution < 1.29 is 9.53 Å². The van der Waals surface area contributed by atoms with E-state index in [1.54, 1.807) is 40.2 Å². The highest BCUT2D eigenvalue weighted by Gasteiger charge is 2.25. The van der Waals surface area contributed by atoms with E-state index >= 15 is 0 Å². The molecule has 4 rings (SSSR count). The lowest BCUT2D eigenvalue weighted by Crippen LogP contribution is -2.23. The quantitative estimate of drug-likeness (QED) is 0.344. The molecule has 1 aromatic carbocycles. The van der Waals surface area contributed by atoms with Crippen LogP contribution in [0.5, 0.6) is 0 Å². The van der Waals surface area contributed by atoms with Crippen LogP contribution in [0.3, 0.4) is 0 Å². The van der Waals surface area contributed by atoms with Crippen LogP contribution in [0.1, 0.15) is 23.8 Å². The number of aromatic nitrogens is 2. The smallest absolute Gasteiger partial charge is 0.316 e. The van der Waals surface area contributed by atoms with Crippen molar-refractivity contribution in [2.45, 2.75) is 31.3 Å². The molecule has 0 aliphatic heterocycles. The number of methoxy groups -OCH3 is 1. The van der Waals surface area contributed by atoms with Crippen molar-refractivity contribution >= 4 is 50.9 Å². The fourth-order valence-electron chi connectivity index (χ4n) is 3.47. The van der Waals surface area contributed by atoms with Crippen LogP contribution in [-0.2, 0) is 22.4 Å². The first-order valence-electron chi connectivity index (χ1n) is 9.00. The number of fused-ring (bicyclic) bond motifs is 3. The van der Waals surface area contributed by atoms with Gasteiger partial charge >= 0.3 is 5.97 Å². The van der Waals surface area contributed by atoms with Gasteiger partial charge in [-0.1, -0.05) is 30.3 Å². The molecule has 0 radical (unpaired) electrons. The van der Waals surface area contributed by atoms with Gasteiger partial charge in [0.15, 0.2) is 5.16 Å². The second-order valence-electron chi connectivity index (χ2n) is 6.91. The van der Waals surface area contributed by atoms with Gasteiger partial charge in [-0.2, -0.15) is 0 Å². The molecule has 0 N–H and O–H groups in total. The van der Waals surface area contributed by atoms with Gasteiger partial charge in [-0.3, -0.25) is 14.2 Å². The molecule has 0 spiro atoms. The number of ether oxygens (including phenoxy) is 1. The SMILES string of the molecule is COC(=O)CSc1nc2sc3c(c2c(=O)n1-c1ccc(Cl)cc1)CCC(C)C3. The van der Waals surface area contributed by atoms with Crippen LogP contribution < -0.4 is 5.56 Å². The van der Waals surface area contributed by atoms with Crippen molar-refractivity contribution in [1.82, 2.24) is 9.55 Å². The summed E-state index contributed by atoms with van der Waals surface area (Å²) < 4.78 is 6.32. The highest BCUT2D eigenvalue weighted by Crippen LogP contribution is 2.37. The summed E-state index contributed by atoms with van der Waals surface area (Å²) in [7, 11) is 1.35. The van der Waals surface area contributed by atoms with E-state index < -0.39 is 0 Å². The number of thioether (sulfide) groups is 1. The average molecular weight is 435 g/mol. The zero-order valence-corrected chi connectivity index (χ0v) is 17.9. The number of benzene rings is 1. The van der Waals surface area contributed by atoms with Crippen LogP contribution in [0.4, 0.5) is 0 Å². The fraction of sp³-hybridized carbons (Fsp3) is 0.350. The first-order valence-corrected chi connectivity index (χ1v) is 11.2. The number of carbonyl (C=O) groups excluding carboxylic acids is 1. The van der Waals surface area contributed by atoms with Crippen LogP contribution >= 0.6 is 34.7 Å². The molecule has 8 heteroatoms. The Morgan fingerprint density at radius 1 is 1.39 bits per heavy atom. The lowest BCUT2D eigenvalue weighted by atomic mass is 9.89. The molecule has 0 saturated carbocycles. The third-order valence-corrected chi connectivity index (χ3v) is 7.24. The van der Waals surface area contributed by atoms with Crippen LogP contribution in [-0.4, -0.2) is 28.4 Å². The van der Waals surface area contributed by atoms with Gasteiger partial charge < -0.3 is 4.74 Å². The van der Waals surface area contributed by atoms with Gasteiger partial charge in [-0.15, -0.1) is 11.3 Å². The molecular formula is C20H19ClN2O3S2. The van der Waals surface area contributed by atoms with Crippen molar-refractivity contribution in [2.24, 2.45) is 5.92 Å². The van der Waals surface area contributed by atoms with Crippen LogP contribution in [0, 0.1) is 5.92 Å². The lowest BCUT2D eigenvalue weighted by molar-refractivity contribution is -0.137. The topological polar surface area (TPSA) is 61.2 Å². The number of hydrogen-bond acceptors (Lipinski definition) is 6. The molecule has 0 amide bonds. The predicted molar refractivity (Wildman–Crippen MR) is 114 cm³/mol. The highest BCUT2D eigenvalue weighted by molar-refractivity contribution is 7.99. The number of rotatable bonds is 4. The minimum atomic E-state index is -0.360. The summed E-state index contributed by atoms with van der Waals surface area (Å²) in [5.41, 5.74) is 1.73. The van der Waals surface area contributed by atoms with E-state index in [1.165, 1.54) is 23.7 Å². The lowest BCUT2D eigenvalue weighted by Gasteiger charge is -2.17. The molecule has 1 aliphatic carbocycles. The molecule has 1 aliphatic rings. The van der Waals surface area contributed by atoms with Crippen molar-refractivity contribution in [1.29, 1.82) is 0 Å². The Labute approximate surface area is 175 Å². The summed E-state index contributed by atoms with van der Waals surface area (Å²) in [5.74, 6) is 0.345. The van der Waals surface area contributed by atoms with Gasteiger partial charge in [0.25, 0.3) is 5.56 Å². The first-order chi connectivity index (χ1) is 13.5. The van der Waals surface area contributed by atoms with Crippen molar-refractivity contribution in [3.8, 4) is 5.69 Å². The summed E-state index contributed by atoms with van der Waals surface area (Å²) in [6.07, 6.45) is 2.97. The second-order valence-corrected chi connectivity index (χ2v) is 9.37. The van der Waals surface area contributed by atoms with E-state index in [1.807, 2.05) is 0 Å². The molecular weight excluding hydrogens is 416 g/mol. The van der Waals surface area contributed by atoms with Gasteiger partial charge in [0.2, 0.25) is 0 Å². The molecule has 3 aromatic rings. The van der Waals surface area contributed by atoms with E-state index in [-0.39, 0.29) is 17.3 Å². The number of carbonyl (C=O) groups is 1. The summed E-state index contributed by atoms with van der Waals surface area (Å²) in [4.78, 5) is 32.0. The van der Waals surface area contributed by atoms with Crippen molar-refractivity contribution in [3.63, 3.8) is 0 Å². The van der Waals surface area contributed by atoms with E-state index in [2.05, 4.69) is 6.92 Å². The van der Waals surface area contributed by atoms with Crippen LogP contribution in [0.2, 0.25) is 5.02 Å². The van der Waals surface area contributed by atoms with Gasteiger partial charge in [0.05, 0.1) is 23.9 Å². The largest absolute Gasteiger partial charge is 0.468 e. The highest BCUT2D eigenvalue weighted by atomic mass is 35.5. The first kappa shape index (κ1) is 19.5. The Bertz CT molecular complexity index is 1110. The molecule has 1 unspecified atom stereocenters. The molecule has 2 aromatic heterocycles. The predicted octanol–water partition coefficient (Wildman–Crippen LogP) is 4.49. The molecule has 146 valence electrons. The van der Waals surface area contributed by atoms with Gasteiger partial charge in [0.1, 0.15) is 4.83 Å². The number of nitrogens with zero attached hydrogens (tertiary/aromatic N) is 2. The molecule has 0 bridgehead atoms. The number of halogens is 1. The normalized spacial score (nSPS) is 16.2. The standard InChI is InChI=1S/C20H19ClN2O3S2/c1-11-3-8-14-15(9-11)28-18-17(14)19(25)23(13-6-4-12(21)5-7-13)20(22-18)27-10-16(24)26-2/h4-7,11H,3,8-10H2,1-2H3.